The first kappa shape index (κ1) is 18.7. The standard InChI is InChI=1S/C25H25N3O2/c29-24(13-11-20-10-12-23(30-20)18-6-2-1-3-7-18)28-16-14-19(15-17-28)25-26-21-8-4-5-9-22(21)27-25/h1-10,12,19H,11,13-17H2,(H,26,27). The molecule has 0 saturated carbocycles. The molecule has 152 valence electrons. The Kier molecular flexibility index (Phi) is 5.10. The van der Waals surface area contributed by atoms with Crippen LogP contribution in [0.1, 0.15) is 36.8 Å². The first-order valence-corrected chi connectivity index (χ1v) is 10.6. The molecule has 4 aromatic rings. The molecule has 1 saturated heterocycles. The molecule has 5 heteroatoms. The topological polar surface area (TPSA) is 62.1 Å². The molecule has 0 atom stereocenters. The molecule has 2 aromatic carbocycles. The predicted octanol–water partition coefficient (Wildman–Crippen LogP) is 5.16. The molecule has 0 radical (unpaired) electrons. The highest BCUT2D eigenvalue weighted by molar-refractivity contribution is 5.77. The molecule has 1 fully saturated rings. The monoisotopic (exact) mass is 399 g/mol. The number of rotatable bonds is 5. The lowest BCUT2D eigenvalue weighted by Gasteiger charge is -2.31. The molecule has 1 aliphatic rings. The number of hydrogen-bond acceptors (Lipinski definition) is 3. The van der Waals surface area contributed by atoms with Crippen LogP contribution in [0.25, 0.3) is 22.4 Å². The SMILES string of the molecule is O=C(CCc1ccc(-c2ccccc2)o1)N1CCC(c2nc3ccccc3[nH]2)CC1. The van der Waals surface area contributed by atoms with Gasteiger partial charge >= 0.3 is 0 Å². The smallest absolute Gasteiger partial charge is 0.223 e. The number of para-hydroxylation sites is 2. The summed E-state index contributed by atoms with van der Waals surface area (Å²) < 4.78 is 5.93. The van der Waals surface area contributed by atoms with E-state index in [9.17, 15) is 4.79 Å². The van der Waals surface area contributed by atoms with Crippen LogP contribution < -0.4 is 0 Å². The number of amides is 1. The quantitative estimate of drug-likeness (QED) is 0.504. The molecule has 5 nitrogen and oxygen atoms in total. The fraction of sp³-hybridized carbons (Fsp3) is 0.280. The molecule has 0 bridgehead atoms. The third-order valence-electron chi connectivity index (χ3n) is 5.95. The summed E-state index contributed by atoms with van der Waals surface area (Å²) in [7, 11) is 0. The summed E-state index contributed by atoms with van der Waals surface area (Å²) in [6.07, 6.45) is 3.02. The number of fused-ring (bicyclic) bond motifs is 1. The predicted molar refractivity (Wildman–Crippen MR) is 117 cm³/mol. The number of imidazole rings is 1. The Morgan fingerprint density at radius 2 is 1.77 bits per heavy atom. The van der Waals surface area contributed by atoms with E-state index in [0.29, 0.717) is 18.8 Å². The number of aromatic amines is 1. The number of carbonyl (C=O) groups excluding carboxylic acids is 1. The van der Waals surface area contributed by atoms with Gasteiger partial charge in [-0.05, 0) is 37.1 Å². The van der Waals surface area contributed by atoms with Gasteiger partial charge in [-0.3, -0.25) is 4.79 Å². The molecular formula is C25H25N3O2. The number of likely N-dealkylation sites (tertiary alicyclic amines) is 1. The van der Waals surface area contributed by atoms with Crippen molar-refractivity contribution in [1.82, 2.24) is 14.9 Å². The average molecular weight is 399 g/mol. The van der Waals surface area contributed by atoms with Gasteiger partial charge in [0, 0.05) is 37.4 Å². The number of aryl methyl sites for hydroxylation is 1. The van der Waals surface area contributed by atoms with Gasteiger partial charge in [-0.2, -0.15) is 0 Å². The Bertz CT molecular complexity index is 1100. The Hall–Kier alpha value is -3.34. The molecule has 0 aliphatic carbocycles. The number of nitrogens with zero attached hydrogens (tertiary/aromatic N) is 2. The van der Waals surface area contributed by atoms with Crippen molar-refractivity contribution in [2.75, 3.05) is 13.1 Å². The third kappa shape index (κ3) is 3.88. The van der Waals surface area contributed by atoms with Crippen molar-refractivity contribution in [2.24, 2.45) is 0 Å². The van der Waals surface area contributed by atoms with E-state index in [1.807, 2.05) is 65.6 Å². The van der Waals surface area contributed by atoms with Gasteiger partial charge in [0.2, 0.25) is 5.91 Å². The summed E-state index contributed by atoms with van der Waals surface area (Å²) in [6.45, 7) is 1.57. The van der Waals surface area contributed by atoms with E-state index in [0.717, 1.165) is 59.9 Å². The summed E-state index contributed by atoms with van der Waals surface area (Å²) in [4.78, 5) is 22.9. The van der Waals surface area contributed by atoms with Crippen LogP contribution >= 0.6 is 0 Å². The Morgan fingerprint density at radius 3 is 2.57 bits per heavy atom. The number of furan rings is 1. The van der Waals surface area contributed by atoms with Crippen molar-refractivity contribution in [1.29, 1.82) is 0 Å². The molecule has 1 aliphatic heterocycles. The van der Waals surface area contributed by atoms with E-state index >= 15 is 0 Å². The molecule has 0 spiro atoms. The highest BCUT2D eigenvalue weighted by Crippen LogP contribution is 2.28. The van der Waals surface area contributed by atoms with Gasteiger partial charge in [0.05, 0.1) is 11.0 Å². The average Bonchev–Trinajstić information content (AvgIpc) is 3.45. The van der Waals surface area contributed by atoms with E-state index in [1.165, 1.54) is 0 Å². The van der Waals surface area contributed by atoms with Crippen LogP contribution in [-0.2, 0) is 11.2 Å². The Morgan fingerprint density at radius 1 is 1.00 bits per heavy atom. The van der Waals surface area contributed by atoms with Crippen LogP contribution in [0.4, 0.5) is 0 Å². The van der Waals surface area contributed by atoms with Crippen molar-refractivity contribution in [3.05, 3.63) is 78.3 Å². The van der Waals surface area contributed by atoms with Crippen molar-refractivity contribution >= 4 is 16.9 Å². The molecule has 5 rings (SSSR count). The first-order chi connectivity index (χ1) is 14.8. The largest absolute Gasteiger partial charge is 0.461 e. The second-order valence-corrected chi connectivity index (χ2v) is 7.93. The minimum Gasteiger partial charge on any atom is -0.461 e. The number of nitrogens with one attached hydrogen (secondary N) is 1. The highest BCUT2D eigenvalue weighted by Gasteiger charge is 2.25. The zero-order chi connectivity index (χ0) is 20.3. The van der Waals surface area contributed by atoms with Gasteiger partial charge < -0.3 is 14.3 Å². The molecule has 0 unspecified atom stereocenters. The van der Waals surface area contributed by atoms with Gasteiger partial charge in [-0.1, -0.05) is 42.5 Å². The fourth-order valence-electron chi connectivity index (χ4n) is 4.23. The molecule has 2 aromatic heterocycles. The first-order valence-electron chi connectivity index (χ1n) is 10.6. The van der Waals surface area contributed by atoms with Gasteiger partial charge in [-0.15, -0.1) is 0 Å². The molecular weight excluding hydrogens is 374 g/mol. The summed E-state index contributed by atoms with van der Waals surface area (Å²) in [5.74, 6) is 3.35. The van der Waals surface area contributed by atoms with Gasteiger partial charge in [0.25, 0.3) is 0 Å². The number of H-pyrrole nitrogens is 1. The summed E-state index contributed by atoms with van der Waals surface area (Å²) in [6, 6.07) is 22.1. The second-order valence-electron chi connectivity index (χ2n) is 7.93. The number of carbonyl (C=O) groups is 1. The zero-order valence-electron chi connectivity index (χ0n) is 16.9. The number of aromatic nitrogens is 2. The van der Waals surface area contributed by atoms with Crippen LogP contribution in [-0.4, -0.2) is 33.9 Å². The van der Waals surface area contributed by atoms with Gasteiger partial charge in [-0.25, -0.2) is 4.98 Å². The maximum Gasteiger partial charge on any atom is 0.223 e. The van der Waals surface area contributed by atoms with E-state index in [1.54, 1.807) is 0 Å². The summed E-state index contributed by atoms with van der Waals surface area (Å²) >= 11 is 0. The van der Waals surface area contributed by atoms with Gasteiger partial charge in [0.15, 0.2) is 0 Å². The normalized spacial score (nSPS) is 15.0. The zero-order valence-corrected chi connectivity index (χ0v) is 16.9. The number of benzene rings is 2. The molecule has 3 heterocycles. The Balaban J connectivity index is 1.14. The molecule has 1 N–H and O–H groups in total. The van der Waals surface area contributed by atoms with Crippen LogP contribution in [0.2, 0.25) is 0 Å². The lowest BCUT2D eigenvalue weighted by Crippen LogP contribution is -2.38. The lowest BCUT2D eigenvalue weighted by molar-refractivity contribution is -0.132. The molecule has 30 heavy (non-hydrogen) atoms. The van der Waals surface area contributed by atoms with E-state index in [2.05, 4.69) is 11.1 Å². The van der Waals surface area contributed by atoms with Crippen molar-refractivity contribution < 1.29 is 9.21 Å². The number of hydrogen-bond donors (Lipinski definition) is 1. The minimum absolute atomic E-state index is 0.204. The second kappa shape index (κ2) is 8.19. The summed E-state index contributed by atoms with van der Waals surface area (Å²) in [5, 5.41) is 0. The van der Waals surface area contributed by atoms with Crippen LogP contribution in [0.15, 0.2) is 71.1 Å². The maximum atomic E-state index is 12.7. The minimum atomic E-state index is 0.204. The van der Waals surface area contributed by atoms with E-state index in [4.69, 9.17) is 9.40 Å². The fourth-order valence-corrected chi connectivity index (χ4v) is 4.23. The van der Waals surface area contributed by atoms with Crippen molar-refractivity contribution in [3.63, 3.8) is 0 Å². The van der Waals surface area contributed by atoms with Crippen LogP contribution in [0.3, 0.4) is 0 Å². The highest BCUT2D eigenvalue weighted by atomic mass is 16.3. The molecule has 1 amide bonds. The Labute approximate surface area is 175 Å². The van der Waals surface area contributed by atoms with Crippen molar-refractivity contribution in [3.8, 4) is 11.3 Å². The van der Waals surface area contributed by atoms with Crippen LogP contribution in [0, 0.1) is 0 Å². The summed E-state index contributed by atoms with van der Waals surface area (Å²) in [5.41, 5.74) is 3.15. The van der Waals surface area contributed by atoms with Gasteiger partial charge in [0.1, 0.15) is 17.3 Å². The third-order valence-corrected chi connectivity index (χ3v) is 5.95. The van der Waals surface area contributed by atoms with Crippen molar-refractivity contribution in [2.45, 2.75) is 31.6 Å². The lowest BCUT2D eigenvalue weighted by atomic mass is 9.96. The number of piperidine rings is 1. The maximum absolute atomic E-state index is 12.7. The van der Waals surface area contributed by atoms with Crippen LogP contribution in [0.5, 0.6) is 0 Å². The van der Waals surface area contributed by atoms with E-state index < -0.39 is 0 Å². The van der Waals surface area contributed by atoms with E-state index in [-0.39, 0.29) is 5.91 Å².